The second-order valence-electron chi connectivity index (χ2n) is 4.83. The molecule has 7 nitrogen and oxygen atoms in total. The molecule has 0 amide bonds. The zero-order valence-electron chi connectivity index (χ0n) is 11.5. The van der Waals surface area contributed by atoms with Crippen LogP contribution in [0, 0.1) is 23.0 Å². The highest BCUT2D eigenvalue weighted by Gasteiger charge is 2.30. The third-order valence-electron chi connectivity index (χ3n) is 2.96. The molecule has 1 atom stereocenters. The van der Waals surface area contributed by atoms with E-state index < -0.39 is 26.7 Å². The van der Waals surface area contributed by atoms with Crippen LogP contribution < -0.4 is 4.72 Å². The number of aryl methyl sites for hydroxylation is 1. The SMILES string of the molecule is Cc1cccc([N+](=O)[O-])c1S(=O)(=O)N[C@H](CO)C(C)C. The van der Waals surface area contributed by atoms with Crippen molar-refractivity contribution in [2.24, 2.45) is 5.92 Å². The van der Waals surface area contributed by atoms with E-state index in [9.17, 15) is 23.6 Å². The van der Waals surface area contributed by atoms with Crippen LogP contribution in [0.15, 0.2) is 23.1 Å². The molecule has 0 aliphatic rings. The van der Waals surface area contributed by atoms with Crippen molar-refractivity contribution in [3.8, 4) is 0 Å². The Balaban J connectivity index is 3.32. The van der Waals surface area contributed by atoms with Gasteiger partial charge in [-0.25, -0.2) is 13.1 Å². The van der Waals surface area contributed by atoms with Crippen LogP contribution in [-0.4, -0.2) is 31.1 Å². The molecule has 0 saturated carbocycles. The predicted octanol–water partition coefficient (Wildman–Crippen LogP) is 1.20. The fraction of sp³-hybridized carbons (Fsp3) is 0.500. The summed E-state index contributed by atoms with van der Waals surface area (Å²) in [5, 5.41) is 20.2. The molecule has 0 fully saturated rings. The van der Waals surface area contributed by atoms with E-state index in [1.807, 2.05) is 0 Å². The lowest BCUT2D eigenvalue weighted by Gasteiger charge is -2.20. The lowest BCUT2D eigenvalue weighted by atomic mass is 10.1. The van der Waals surface area contributed by atoms with Gasteiger partial charge in [-0.3, -0.25) is 10.1 Å². The zero-order valence-corrected chi connectivity index (χ0v) is 12.3. The van der Waals surface area contributed by atoms with E-state index in [1.54, 1.807) is 13.8 Å². The molecule has 20 heavy (non-hydrogen) atoms. The topological polar surface area (TPSA) is 110 Å². The van der Waals surface area contributed by atoms with Crippen LogP contribution in [0.2, 0.25) is 0 Å². The van der Waals surface area contributed by atoms with Gasteiger partial charge in [0.1, 0.15) is 0 Å². The molecule has 0 aliphatic carbocycles. The molecule has 0 aromatic heterocycles. The van der Waals surface area contributed by atoms with Crippen LogP contribution >= 0.6 is 0 Å². The van der Waals surface area contributed by atoms with Gasteiger partial charge in [0, 0.05) is 12.1 Å². The van der Waals surface area contributed by atoms with Crippen molar-refractivity contribution in [2.75, 3.05) is 6.61 Å². The summed E-state index contributed by atoms with van der Waals surface area (Å²) in [6.45, 7) is 4.60. The Morgan fingerprint density at radius 2 is 2.00 bits per heavy atom. The Morgan fingerprint density at radius 3 is 2.45 bits per heavy atom. The number of nitrogens with one attached hydrogen (secondary N) is 1. The van der Waals surface area contributed by atoms with E-state index in [-0.39, 0.29) is 23.0 Å². The average molecular weight is 302 g/mol. The summed E-state index contributed by atoms with van der Waals surface area (Å²) in [6, 6.07) is 3.37. The molecule has 8 heteroatoms. The Bertz CT molecular complexity index is 598. The summed E-state index contributed by atoms with van der Waals surface area (Å²) in [5.74, 6) is -0.141. The first-order chi connectivity index (χ1) is 9.20. The highest BCUT2D eigenvalue weighted by Crippen LogP contribution is 2.27. The molecular weight excluding hydrogens is 284 g/mol. The second-order valence-corrected chi connectivity index (χ2v) is 6.49. The maximum absolute atomic E-state index is 12.3. The Labute approximate surface area is 117 Å². The molecular formula is C12H18N2O5S. The lowest BCUT2D eigenvalue weighted by Crippen LogP contribution is -2.41. The van der Waals surface area contributed by atoms with Crippen LogP contribution in [0.25, 0.3) is 0 Å². The number of nitrogens with zero attached hydrogens (tertiary/aromatic N) is 1. The minimum absolute atomic E-state index is 0.141. The molecule has 1 rings (SSSR count). The minimum atomic E-state index is -4.07. The van der Waals surface area contributed by atoms with E-state index >= 15 is 0 Å². The lowest BCUT2D eigenvalue weighted by molar-refractivity contribution is -0.387. The highest BCUT2D eigenvalue weighted by molar-refractivity contribution is 7.89. The van der Waals surface area contributed by atoms with Gasteiger partial charge in [0.25, 0.3) is 5.69 Å². The van der Waals surface area contributed by atoms with Crippen molar-refractivity contribution in [1.82, 2.24) is 4.72 Å². The fourth-order valence-electron chi connectivity index (χ4n) is 1.77. The van der Waals surface area contributed by atoms with Gasteiger partial charge in [-0.05, 0) is 18.4 Å². The van der Waals surface area contributed by atoms with Crippen molar-refractivity contribution < 1.29 is 18.4 Å². The normalized spacial score (nSPS) is 13.4. The minimum Gasteiger partial charge on any atom is -0.395 e. The van der Waals surface area contributed by atoms with Crippen molar-refractivity contribution in [1.29, 1.82) is 0 Å². The summed E-state index contributed by atoms with van der Waals surface area (Å²) in [5.41, 5.74) is -0.190. The molecule has 112 valence electrons. The third-order valence-corrected chi connectivity index (χ3v) is 4.65. The number of nitro benzene ring substituents is 1. The Hall–Kier alpha value is -1.51. The molecule has 1 aromatic carbocycles. The van der Waals surface area contributed by atoms with Crippen LogP contribution in [0.5, 0.6) is 0 Å². The average Bonchev–Trinajstić information content (AvgIpc) is 2.34. The number of rotatable bonds is 6. The number of aliphatic hydroxyl groups excluding tert-OH is 1. The fourth-order valence-corrected chi connectivity index (χ4v) is 3.55. The first-order valence-electron chi connectivity index (χ1n) is 6.08. The maximum Gasteiger partial charge on any atom is 0.289 e. The molecule has 0 aliphatic heterocycles. The van der Waals surface area contributed by atoms with Gasteiger partial charge >= 0.3 is 0 Å². The maximum atomic E-state index is 12.3. The quantitative estimate of drug-likeness (QED) is 0.606. The van der Waals surface area contributed by atoms with Crippen molar-refractivity contribution in [3.05, 3.63) is 33.9 Å². The molecule has 2 N–H and O–H groups in total. The number of aliphatic hydroxyl groups is 1. The number of benzene rings is 1. The molecule has 0 heterocycles. The molecule has 0 saturated heterocycles. The van der Waals surface area contributed by atoms with Crippen LogP contribution in [0.4, 0.5) is 5.69 Å². The molecule has 1 aromatic rings. The molecule has 0 radical (unpaired) electrons. The first-order valence-corrected chi connectivity index (χ1v) is 7.56. The largest absolute Gasteiger partial charge is 0.395 e. The molecule has 0 unspecified atom stereocenters. The van der Waals surface area contributed by atoms with E-state index in [1.165, 1.54) is 19.1 Å². The van der Waals surface area contributed by atoms with Gasteiger partial charge in [-0.15, -0.1) is 0 Å². The summed E-state index contributed by atoms with van der Waals surface area (Å²) in [4.78, 5) is 9.89. The number of nitro groups is 1. The van der Waals surface area contributed by atoms with Gasteiger partial charge in [-0.1, -0.05) is 26.0 Å². The van der Waals surface area contributed by atoms with Gasteiger partial charge in [0.2, 0.25) is 10.0 Å². The zero-order chi connectivity index (χ0) is 15.5. The third kappa shape index (κ3) is 3.53. The van der Waals surface area contributed by atoms with Crippen LogP contribution in [0.1, 0.15) is 19.4 Å². The Morgan fingerprint density at radius 1 is 1.40 bits per heavy atom. The highest BCUT2D eigenvalue weighted by atomic mass is 32.2. The summed E-state index contributed by atoms with van der Waals surface area (Å²) < 4.78 is 27.0. The summed E-state index contributed by atoms with van der Waals surface area (Å²) >= 11 is 0. The summed E-state index contributed by atoms with van der Waals surface area (Å²) in [6.07, 6.45) is 0. The number of hydrogen-bond donors (Lipinski definition) is 2. The van der Waals surface area contributed by atoms with Crippen molar-refractivity contribution >= 4 is 15.7 Å². The van der Waals surface area contributed by atoms with Gasteiger partial charge in [0.15, 0.2) is 4.90 Å². The van der Waals surface area contributed by atoms with Gasteiger partial charge in [0.05, 0.1) is 11.5 Å². The number of hydrogen-bond acceptors (Lipinski definition) is 5. The first kappa shape index (κ1) is 16.5. The van der Waals surface area contributed by atoms with Gasteiger partial charge < -0.3 is 5.11 Å². The monoisotopic (exact) mass is 302 g/mol. The Kier molecular flexibility index (Phi) is 5.21. The van der Waals surface area contributed by atoms with Crippen molar-refractivity contribution in [3.63, 3.8) is 0 Å². The van der Waals surface area contributed by atoms with Gasteiger partial charge in [-0.2, -0.15) is 0 Å². The van der Waals surface area contributed by atoms with Crippen LogP contribution in [0.3, 0.4) is 0 Å². The molecule has 0 bridgehead atoms. The van der Waals surface area contributed by atoms with E-state index in [0.717, 1.165) is 6.07 Å². The standard InChI is InChI=1S/C12H18N2O5S/c1-8(2)10(7-15)13-20(18,19)12-9(3)5-4-6-11(12)14(16)17/h4-6,8,10,13,15H,7H2,1-3H3/t10-/m1/s1. The van der Waals surface area contributed by atoms with Crippen LogP contribution in [-0.2, 0) is 10.0 Å². The van der Waals surface area contributed by atoms with Crippen molar-refractivity contribution in [2.45, 2.75) is 31.7 Å². The second kappa shape index (κ2) is 6.29. The molecule has 0 spiro atoms. The predicted molar refractivity (Wildman–Crippen MR) is 73.9 cm³/mol. The number of sulfonamides is 1. The smallest absolute Gasteiger partial charge is 0.289 e. The van der Waals surface area contributed by atoms with E-state index in [2.05, 4.69) is 4.72 Å². The van der Waals surface area contributed by atoms with E-state index in [0.29, 0.717) is 0 Å². The van der Waals surface area contributed by atoms with E-state index in [4.69, 9.17) is 0 Å². The summed E-state index contributed by atoms with van der Waals surface area (Å²) in [7, 11) is -4.07.